The number of hydrogen-bond acceptors (Lipinski definition) is 5. The Kier molecular flexibility index (Phi) is 5.57. The summed E-state index contributed by atoms with van der Waals surface area (Å²) in [5.41, 5.74) is 0. The lowest BCUT2D eigenvalue weighted by Gasteiger charge is -2.20. The van der Waals surface area contributed by atoms with Gasteiger partial charge in [-0.3, -0.25) is 9.69 Å². The molecule has 0 aromatic carbocycles. The molecular weight excluding hydrogens is 288 g/mol. The van der Waals surface area contributed by atoms with Gasteiger partial charge in [0.15, 0.2) is 5.76 Å². The Morgan fingerprint density at radius 2 is 2.23 bits per heavy atom. The van der Waals surface area contributed by atoms with Crippen LogP contribution in [0.15, 0.2) is 16.5 Å². The Labute approximate surface area is 129 Å². The molecule has 1 atom stereocenters. The molecule has 1 aromatic heterocycles. The van der Waals surface area contributed by atoms with Crippen molar-refractivity contribution in [2.75, 3.05) is 26.2 Å². The molecule has 1 aliphatic rings. The number of aliphatic carboxylic acids is 1. The molecule has 1 aromatic rings. The van der Waals surface area contributed by atoms with E-state index >= 15 is 0 Å². The molecule has 0 spiro atoms. The molecule has 2 N–H and O–H groups in total. The van der Waals surface area contributed by atoms with Gasteiger partial charge in [-0.15, -0.1) is 0 Å². The lowest BCUT2D eigenvalue weighted by atomic mass is 10.2. The van der Waals surface area contributed by atoms with Gasteiger partial charge in [0, 0.05) is 13.1 Å². The van der Waals surface area contributed by atoms with Gasteiger partial charge >= 0.3 is 5.97 Å². The Morgan fingerprint density at radius 1 is 1.45 bits per heavy atom. The maximum atomic E-state index is 12.4. The van der Waals surface area contributed by atoms with Crippen molar-refractivity contribution in [1.29, 1.82) is 0 Å². The quantitative estimate of drug-likeness (QED) is 0.773. The molecule has 0 aliphatic carbocycles. The first kappa shape index (κ1) is 16.5. The Hall–Kier alpha value is -1.86. The number of likely N-dealkylation sites (tertiary alicyclic amines) is 1. The summed E-state index contributed by atoms with van der Waals surface area (Å²) < 4.78 is 5.56. The average molecular weight is 310 g/mol. The third-order valence-electron chi connectivity index (χ3n) is 3.91. The molecule has 1 fully saturated rings. The van der Waals surface area contributed by atoms with Crippen LogP contribution in [-0.2, 0) is 11.3 Å². The summed E-state index contributed by atoms with van der Waals surface area (Å²) in [5.74, 6) is -0.549. The Balaban J connectivity index is 2.04. The van der Waals surface area contributed by atoms with Gasteiger partial charge in [-0.1, -0.05) is 6.92 Å². The number of amides is 1. The third kappa shape index (κ3) is 3.66. The lowest BCUT2D eigenvalue weighted by Crippen LogP contribution is -2.40. The zero-order valence-electron chi connectivity index (χ0n) is 12.7. The normalized spacial score (nSPS) is 18.1. The second-order valence-electron chi connectivity index (χ2n) is 5.35. The maximum absolute atomic E-state index is 12.4. The van der Waals surface area contributed by atoms with Gasteiger partial charge in [0.2, 0.25) is 0 Å². The minimum Gasteiger partial charge on any atom is -0.480 e. The van der Waals surface area contributed by atoms with Crippen molar-refractivity contribution in [2.24, 2.45) is 0 Å². The van der Waals surface area contributed by atoms with Crippen molar-refractivity contribution in [2.45, 2.75) is 32.4 Å². The first-order chi connectivity index (χ1) is 10.6. The van der Waals surface area contributed by atoms with E-state index in [0.29, 0.717) is 38.2 Å². The third-order valence-corrected chi connectivity index (χ3v) is 3.91. The SMILES string of the molecule is CCN(CCO)Cc1ccc(C(=O)N2CCCC2C(=O)O)o1. The fourth-order valence-corrected chi connectivity index (χ4v) is 2.70. The van der Waals surface area contributed by atoms with Crippen LogP contribution in [0, 0.1) is 0 Å². The number of likely N-dealkylation sites (N-methyl/N-ethyl adjacent to an activating group) is 1. The van der Waals surface area contributed by atoms with E-state index in [1.807, 2.05) is 11.8 Å². The molecule has 0 radical (unpaired) electrons. The van der Waals surface area contributed by atoms with E-state index in [0.717, 1.165) is 6.54 Å². The number of aliphatic hydroxyl groups is 1. The molecule has 0 bridgehead atoms. The Bertz CT molecular complexity index is 528. The van der Waals surface area contributed by atoms with Crippen molar-refractivity contribution < 1.29 is 24.2 Å². The number of carboxylic acid groups (broad SMARTS) is 1. The number of rotatable bonds is 7. The molecule has 122 valence electrons. The van der Waals surface area contributed by atoms with Crippen molar-refractivity contribution >= 4 is 11.9 Å². The molecule has 22 heavy (non-hydrogen) atoms. The highest BCUT2D eigenvalue weighted by atomic mass is 16.4. The highest BCUT2D eigenvalue weighted by molar-refractivity contribution is 5.94. The highest BCUT2D eigenvalue weighted by Crippen LogP contribution is 2.21. The van der Waals surface area contributed by atoms with Gasteiger partial charge in [0.25, 0.3) is 5.91 Å². The van der Waals surface area contributed by atoms with Crippen LogP contribution in [-0.4, -0.2) is 64.2 Å². The van der Waals surface area contributed by atoms with Crippen molar-refractivity contribution in [3.05, 3.63) is 23.7 Å². The number of carbonyl (C=O) groups is 2. The number of aliphatic hydroxyl groups excluding tert-OH is 1. The van der Waals surface area contributed by atoms with Gasteiger partial charge in [0.1, 0.15) is 11.8 Å². The number of furan rings is 1. The van der Waals surface area contributed by atoms with Crippen LogP contribution < -0.4 is 0 Å². The number of carbonyl (C=O) groups excluding carboxylic acids is 1. The monoisotopic (exact) mass is 310 g/mol. The Morgan fingerprint density at radius 3 is 2.86 bits per heavy atom. The average Bonchev–Trinajstić information content (AvgIpc) is 3.15. The van der Waals surface area contributed by atoms with Gasteiger partial charge < -0.3 is 19.5 Å². The number of nitrogens with zero attached hydrogens (tertiary/aromatic N) is 2. The number of hydrogen-bond donors (Lipinski definition) is 2. The summed E-state index contributed by atoms with van der Waals surface area (Å²) in [4.78, 5) is 26.9. The van der Waals surface area contributed by atoms with Crippen LogP contribution in [0.4, 0.5) is 0 Å². The minimum absolute atomic E-state index is 0.0639. The summed E-state index contributed by atoms with van der Waals surface area (Å²) >= 11 is 0. The fourth-order valence-electron chi connectivity index (χ4n) is 2.70. The summed E-state index contributed by atoms with van der Waals surface area (Å²) in [5, 5.41) is 18.1. The standard InChI is InChI=1S/C15H22N2O5/c1-2-16(8-9-18)10-11-5-6-13(22-11)14(19)17-7-3-4-12(17)15(20)21/h5-6,12,18H,2-4,7-10H2,1H3,(H,20,21). The fraction of sp³-hybridized carbons (Fsp3) is 0.600. The minimum atomic E-state index is -0.974. The largest absolute Gasteiger partial charge is 0.480 e. The van der Waals surface area contributed by atoms with Gasteiger partial charge in [-0.2, -0.15) is 0 Å². The number of carboxylic acids is 1. The first-order valence-electron chi connectivity index (χ1n) is 7.52. The van der Waals surface area contributed by atoms with Gasteiger partial charge in [-0.25, -0.2) is 4.79 Å². The van der Waals surface area contributed by atoms with E-state index in [1.54, 1.807) is 12.1 Å². The summed E-state index contributed by atoms with van der Waals surface area (Å²) in [6.07, 6.45) is 1.17. The second-order valence-corrected chi connectivity index (χ2v) is 5.35. The molecule has 1 amide bonds. The van der Waals surface area contributed by atoms with Crippen LogP contribution >= 0.6 is 0 Å². The summed E-state index contributed by atoms with van der Waals surface area (Å²) in [6.45, 7) is 4.29. The topological polar surface area (TPSA) is 94.2 Å². The van der Waals surface area contributed by atoms with E-state index in [1.165, 1.54) is 4.90 Å². The summed E-state index contributed by atoms with van der Waals surface area (Å²) in [7, 11) is 0. The molecule has 2 rings (SSSR count). The van der Waals surface area contributed by atoms with E-state index < -0.39 is 12.0 Å². The van der Waals surface area contributed by atoms with E-state index in [4.69, 9.17) is 14.6 Å². The van der Waals surface area contributed by atoms with Gasteiger partial charge in [-0.05, 0) is 31.5 Å². The predicted octanol–water partition coefficient (Wildman–Crippen LogP) is 0.783. The predicted molar refractivity (Wildman–Crippen MR) is 78.4 cm³/mol. The van der Waals surface area contributed by atoms with Gasteiger partial charge in [0.05, 0.1) is 13.2 Å². The van der Waals surface area contributed by atoms with Crippen LogP contribution in [0.25, 0.3) is 0 Å². The molecular formula is C15H22N2O5. The molecule has 1 unspecified atom stereocenters. The molecule has 1 aliphatic heterocycles. The van der Waals surface area contributed by atoms with Crippen LogP contribution in [0.5, 0.6) is 0 Å². The summed E-state index contributed by atoms with van der Waals surface area (Å²) in [6, 6.07) is 2.54. The molecule has 7 heteroatoms. The van der Waals surface area contributed by atoms with Crippen molar-refractivity contribution in [3.8, 4) is 0 Å². The van der Waals surface area contributed by atoms with E-state index in [9.17, 15) is 9.59 Å². The van der Waals surface area contributed by atoms with Crippen LogP contribution in [0.3, 0.4) is 0 Å². The zero-order valence-corrected chi connectivity index (χ0v) is 12.7. The lowest BCUT2D eigenvalue weighted by molar-refractivity contribution is -0.141. The maximum Gasteiger partial charge on any atom is 0.326 e. The first-order valence-corrected chi connectivity index (χ1v) is 7.52. The molecule has 7 nitrogen and oxygen atoms in total. The molecule has 2 heterocycles. The van der Waals surface area contributed by atoms with Crippen molar-refractivity contribution in [1.82, 2.24) is 9.80 Å². The van der Waals surface area contributed by atoms with E-state index in [-0.39, 0.29) is 18.3 Å². The highest BCUT2D eigenvalue weighted by Gasteiger charge is 2.35. The van der Waals surface area contributed by atoms with E-state index in [2.05, 4.69) is 0 Å². The van der Waals surface area contributed by atoms with Crippen LogP contribution in [0.1, 0.15) is 36.1 Å². The molecule has 0 saturated carbocycles. The second kappa shape index (κ2) is 7.42. The zero-order chi connectivity index (χ0) is 16.1. The smallest absolute Gasteiger partial charge is 0.326 e. The van der Waals surface area contributed by atoms with Crippen molar-refractivity contribution in [3.63, 3.8) is 0 Å². The molecule has 1 saturated heterocycles. The van der Waals surface area contributed by atoms with Crippen LogP contribution in [0.2, 0.25) is 0 Å².